The number of nitrogens with zero attached hydrogens (tertiary/aromatic N) is 1. The molecule has 0 saturated heterocycles. The average Bonchev–Trinajstić information content (AvgIpc) is 2.46. The van der Waals surface area contributed by atoms with Crippen molar-refractivity contribution in [2.45, 2.75) is 0 Å². The summed E-state index contributed by atoms with van der Waals surface area (Å²) in [6, 6.07) is 13.7. The van der Waals surface area contributed by atoms with Gasteiger partial charge in [0, 0.05) is 15.1 Å². The minimum atomic E-state index is -0.331. The summed E-state index contributed by atoms with van der Waals surface area (Å²) in [6.45, 7) is 0. The van der Waals surface area contributed by atoms with E-state index < -0.39 is 0 Å². The van der Waals surface area contributed by atoms with E-state index in [0.29, 0.717) is 16.3 Å². The summed E-state index contributed by atoms with van der Waals surface area (Å²) in [7, 11) is 0. The Hall–Kier alpha value is -1.63. The standard InChI is InChI=1S/C14H11BrClN3OS/c15-10-3-7-12(8-4-10)19(14(17)21)18-13(20)9-1-5-11(16)6-2-9/h1-8H,(H2,17,21)(H,18,20). The smallest absolute Gasteiger partial charge is 0.270 e. The van der Waals surface area contributed by atoms with Crippen LogP contribution in [0.4, 0.5) is 5.69 Å². The molecule has 0 radical (unpaired) electrons. The number of carbonyl (C=O) groups excluding carboxylic acids is 1. The highest BCUT2D eigenvalue weighted by atomic mass is 79.9. The first-order chi connectivity index (χ1) is 9.97. The lowest BCUT2D eigenvalue weighted by atomic mass is 10.2. The number of thiocarbonyl (C=S) groups is 1. The second-order valence-corrected chi connectivity index (χ2v) is 5.87. The van der Waals surface area contributed by atoms with Gasteiger partial charge in [0.15, 0.2) is 5.11 Å². The lowest BCUT2D eigenvalue weighted by Gasteiger charge is -2.23. The fourth-order valence-corrected chi connectivity index (χ4v) is 2.15. The molecular formula is C14H11BrClN3OS. The second-order valence-electron chi connectivity index (χ2n) is 4.10. The molecule has 2 rings (SSSR count). The number of carbonyl (C=O) groups is 1. The van der Waals surface area contributed by atoms with E-state index in [2.05, 4.69) is 21.4 Å². The van der Waals surface area contributed by atoms with Gasteiger partial charge in [-0.2, -0.15) is 0 Å². The maximum absolute atomic E-state index is 12.2. The molecule has 0 aliphatic heterocycles. The van der Waals surface area contributed by atoms with Crippen LogP contribution in [-0.4, -0.2) is 11.0 Å². The molecule has 0 bridgehead atoms. The Morgan fingerprint density at radius 1 is 1.14 bits per heavy atom. The number of nitrogens with two attached hydrogens (primary N) is 1. The molecule has 4 nitrogen and oxygen atoms in total. The molecule has 1 amide bonds. The molecule has 0 unspecified atom stereocenters. The van der Waals surface area contributed by atoms with E-state index in [1.54, 1.807) is 36.4 Å². The highest BCUT2D eigenvalue weighted by Gasteiger charge is 2.14. The molecule has 0 aliphatic carbocycles. The number of hydrogen-bond donors (Lipinski definition) is 2. The predicted molar refractivity (Wildman–Crippen MR) is 92.3 cm³/mol. The summed E-state index contributed by atoms with van der Waals surface area (Å²) in [6.07, 6.45) is 0. The van der Waals surface area contributed by atoms with E-state index in [1.165, 1.54) is 5.01 Å². The summed E-state index contributed by atoms with van der Waals surface area (Å²) >= 11 is 14.1. The number of anilines is 1. The summed E-state index contributed by atoms with van der Waals surface area (Å²) in [5.74, 6) is -0.331. The van der Waals surface area contributed by atoms with Crippen LogP contribution in [0.1, 0.15) is 10.4 Å². The van der Waals surface area contributed by atoms with Crippen LogP contribution in [0.3, 0.4) is 0 Å². The molecule has 0 spiro atoms. The largest absolute Gasteiger partial charge is 0.374 e. The van der Waals surface area contributed by atoms with Gasteiger partial charge in [-0.3, -0.25) is 10.2 Å². The third-order valence-corrected chi connectivity index (χ3v) is 3.59. The molecule has 0 aromatic heterocycles. The van der Waals surface area contributed by atoms with Gasteiger partial charge >= 0.3 is 0 Å². The quantitative estimate of drug-likeness (QED) is 0.614. The van der Waals surface area contributed by atoms with Gasteiger partial charge in [0.2, 0.25) is 0 Å². The van der Waals surface area contributed by atoms with Crippen LogP contribution in [0.5, 0.6) is 0 Å². The normalized spacial score (nSPS) is 10.0. The van der Waals surface area contributed by atoms with E-state index >= 15 is 0 Å². The molecule has 2 aromatic rings. The zero-order valence-electron chi connectivity index (χ0n) is 10.7. The molecule has 0 heterocycles. The Morgan fingerprint density at radius 3 is 2.24 bits per heavy atom. The molecule has 0 saturated carbocycles. The van der Waals surface area contributed by atoms with Gasteiger partial charge in [0.25, 0.3) is 5.91 Å². The first-order valence-corrected chi connectivity index (χ1v) is 7.47. The third-order valence-electron chi connectivity index (χ3n) is 2.62. The van der Waals surface area contributed by atoms with E-state index in [0.717, 1.165) is 4.47 Å². The van der Waals surface area contributed by atoms with Gasteiger partial charge in [-0.25, -0.2) is 5.01 Å². The minimum absolute atomic E-state index is 0.0413. The van der Waals surface area contributed by atoms with Crippen LogP contribution in [0.2, 0.25) is 5.02 Å². The highest BCUT2D eigenvalue weighted by molar-refractivity contribution is 9.10. The average molecular weight is 385 g/mol. The monoisotopic (exact) mass is 383 g/mol. The molecule has 2 aromatic carbocycles. The van der Waals surface area contributed by atoms with Gasteiger partial charge in [0.1, 0.15) is 0 Å². The second kappa shape index (κ2) is 6.89. The Labute approximate surface area is 141 Å². The summed E-state index contributed by atoms with van der Waals surface area (Å²) < 4.78 is 0.915. The lowest BCUT2D eigenvalue weighted by Crippen LogP contribution is -2.49. The van der Waals surface area contributed by atoms with Gasteiger partial charge in [-0.05, 0) is 60.7 Å². The van der Waals surface area contributed by atoms with Crippen molar-refractivity contribution in [3.8, 4) is 0 Å². The van der Waals surface area contributed by atoms with Crippen LogP contribution in [-0.2, 0) is 0 Å². The topological polar surface area (TPSA) is 58.4 Å². The summed E-state index contributed by atoms with van der Waals surface area (Å²) in [4.78, 5) is 12.2. The number of nitrogens with one attached hydrogen (secondary N) is 1. The van der Waals surface area contributed by atoms with Crippen LogP contribution in [0.15, 0.2) is 53.0 Å². The van der Waals surface area contributed by atoms with Crippen molar-refractivity contribution in [3.05, 3.63) is 63.6 Å². The van der Waals surface area contributed by atoms with E-state index in [4.69, 9.17) is 29.6 Å². The van der Waals surface area contributed by atoms with Crippen molar-refractivity contribution in [3.63, 3.8) is 0 Å². The fraction of sp³-hybridized carbons (Fsp3) is 0. The van der Waals surface area contributed by atoms with E-state index in [9.17, 15) is 4.79 Å². The summed E-state index contributed by atoms with van der Waals surface area (Å²) in [5, 5.41) is 1.95. The Balaban J connectivity index is 2.20. The molecule has 0 aliphatic rings. The van der Waals surface area contributed by atoms with Crippen LogP contribution < -0.4 is 16.2 Å². The molecule has 108 valence electrons. The highest BCUT2D eigenvalue weighted by Crippen LogP contribution is 2.17. The van der Waals surface area contributed by atoms with Crippen LogP contribution >= 0.6 is 39.7 Å². The van der Waals surface area contributed by atoms with Crippen molar-refractivity contribution in [2.75, 3.05) is 5.01 Å². The molecule has 7 heteroatoms. The fourth-order valence-electron chi connectivity index (χ4n) is 1.60. The molecular weight excluding hydrogens is 374 g/mol. The van der Waals surface area contributed by atoms with Gasteiger partial charge < -0.3 is 5.73 Å². The Bertz CT molecular complexity index is 661. The summed E-state index contributed by atoms with van der Waals surface area (Å²) in [5.41, 5.74) is 9.44. The first-order valence-electron chi connectivity index (χ1n) is 5.89. The maximum Gasteiger partial charge on any atom is 0.270 e. The van der Waals surface area contributed by atoms with Crippen molar-refractivity contribution in [1.82, 2.24) is 5.43 Å². The number of hydrazine groups is 1. The van der Waals surface area contributed by atoms with E-state index in [-0.39, 0.29) is 11.0 Å². The molecule has 21 heavy (non-hydrogen) atoms. The lowest BCUT2D eigenvalue weighted by molar-refractivity contribution is 0.0955. The SMILES string of the molecule is NC(=S)N(NC(=O)c1ccc(Cl)cc1)c1ccc(Br)cc1. The first kappa shape index (κ1) is 15.8. The van der Waals surface area contributed by atoms with Gasteiger partial charge in [0.05, 0.1) is 5.69 Å². The number of amides is 1. The molecule has 3 N–H and O–H groups in total. The third kappa shape index (κ3) is 4.17. The van der Waals surface area contributed by atoms with E-state index in [1.807, 2.05) is 12.1 Å². The number of hydrogen-bond acceptors (Lipinski definition) is 2. The predicted octanol–water partition coefficient (Wildman–Crippen LogP) is 3.50. The Kier molecular flexibility index (Phi) is 5.17. The maximum atomic E-state index is 12.2. The Morgan fingerprint density at radius 2 is 1.71 bits per heavy atom. The number of rotatable bonds is 2. The zero-order chi connectivity index (χ0) is 15.4. The minimum Gasteiger partial charge on any atom is -0.374 e. The van der Waals surface area contributed by atoms with Gasteiger partial charge in [-0.1, -0.05) is 27.5 Å². The molecule has 0 fully saturated rings. The van der Waals surface area contributed by atoms with Crippen molar-refractivity contribution in [2.24, 2.45) is 5.73 Å². The number of benzene rings is 2. The van der Waals surface area contributed by atoms with Crippen molar-refractivity contribution < 1.29 is 4.79 Å². The molecule has 0 atom stereocenters. The van der Waals surface area contributed by atoms with Crippen molar-refractivity contribution >= 4 is 56.5 Å². The zero-order valence-corrected chi connectivity index (χ0v) is 13.9. The van der Waals surface area contributed by atoms with Crippen LogP contribution in [0, 0.1) is 0 Å². The van der Waals surface area contributed by atoms with Gasteiger partial charge in [-0.15, -0.1) is 0 Å². The number of halogens is 2. The van der Waals surface area contributed by atoms with Crippen molar-refractivity contribution in [1.29, 1.82) is 0 Å². The van der Waals surface area contributed by atoms with Crippen LogP contribution in [0.25, 0.3) is 0 Å².